The highest BCUT2D eigenvalue weighted by molar-refractivity contribution is 4.73. The number of rotatable bonds is 9. The molecule has 0 bridgehead atoms. The van der Waals surface area contributed by atoms with Gasteiger partial charge in [0.1, 0.15) is 0 Å². The van der Waals surface area contributed by atoms with Crippen molar-refractivity contribution >= 4 is 0 Å². The van der Waals surface area contributed by atoms with E-state index in [0.717, 1.165) is 45.8 Å². The zero-order valence-electron chi connectivity index (χ0n) is 12.0. The van der Waals surface area contributed by atoms with Crippen molar-refractivity contribution in [2.75, 3.05) is 45.9 Å². The summed E-state index contributed by atoms with van der Waals surface area (Å²) in [7, 11) is 0. The predicted octanol–water partition coefficient (Wildman–Crippen LogP) is 1.10. The summed E-state index contributed by atoms with van der Waals surface area (Å²) in [5.41, 5.74) is 0. The zero-order chi connectivity index (χ0) is 13.2. The predicted molar refractivity (Wildman–Crippen MR) is 74.8 cm³/mol. The Morgan fingerprint density at radius 2 is 2.22 bits per heavy atom. The van der Waals surface area contributed by atoms with Gasteiger partial charge in [-0.1, -0.05) is 20.3 Å². The molecule has 1 heterocycles. The molecule has 0 aromatic rings. The molecule has 0 spiro atoms. The second-order valence-corrected chi connectivity index (χ2v) is 5.21. The van der Waals surface area contributed by atoms with E-state index in [1.807, 2.05) is 0 Å². The molecule has 0 aliphatic carbocycles. The Labute approximate surface area is 112 Å². The molecule has 0 aromatic heterocycles. The molecule has 0 saturated carbocycles. The van der Waals surface area contributed by atoms with Crippen LogP contribution in [-0.2, 0) is 4.74 Å². The maximum atomic E-state index is 9.02. The molecule has 18 heavy (non-hydrogen) atoms. The molecule has 0 radical (unpaired) electrons. The summed E-state index contributed by atoms with van der Waals surface area (Å²) in [6, 6.07) is 0. The van der Waals surface area contributed by atoms with Gasteiger partial charge in [0.05, 0.1) is 12.7 Å². The van der Waals surface area contributed by atoms with Crippen LogP contribution in [-0.4, -0.2) is 62.0 Å². The van der Waals surface area contributed by atoms with Crippen molar-refractivity contribution < 1.29 is 9.84 Å². The summed E-state index contributed by atoms with van der Waals surface area (Å²) in [4.78, 5) is 2.44. The molecule has 4 nitrogen and oxygen atoms in total. The molecule has 108 valence electrons. The molecular weight excluding hydrogens is 228 g/mol. The Morgan fingerprint density at radius 1 is 1.39 bits per heavy atom. The van der Waals surface area contributed by atoms with Crippen molar-refractivity contribution in [1.82, 2.24) is 10.2 Å². The fourth-order valence-corrected chi connectivity index (χ4v) is 2.58. The van der Waals surface area contributed by atoms with Crippen molar-refractivity contribution in [2.24, 2.45) is 5.92 Å². The molecule has 1 saturated heterocycles. The molecule has 0 amide bonds. The number of hydrogen-bond acceptors (Lipinski definition) is 4. The van der Waals surface area contributed by atoms with E-state index >= 15 is 0 Å². The monoisotopic (exact) mass is 258 g/mol. The summed E-state index contributed by atoms with van der Waals surface area (Å²) in [5, 5.41) is 12.5. The van der Waals surface area contributed by atoms with Crippen LogP contribution >= 0.6 is 0 Å². The number of nitrogens with zero attached hydrogens (tertiary/aromatic N) is 1. The number of morpholine rings is 1. The second-order valence-electron chi connectivity index (χ2n) is 5.21. The van der Waals surface area contributed by atoms with Crippen LogP contribution in [0.15, 0.2) is 0 Å². The normalized spacial score (nSPS) is 23.2. The van der Waals surface area contributed by atoms with Crippen LogP contribution in [0.5, 0.6) is 0 Å². The molecule has 1 rings (SSSR count). The van der Waals surface area contributed by atoms with Gasteiger partial charge in [-0.15, -0.1) is 0 Å². The highest BCUT2D eigenvalue weighted by atomic mass is 16.5. The number of ether oxygens (including phenoxy) is 1. The summed E-state index contributed by atoms with van der Waals surface area (Å²) in [5.74, 6) is 0.603. The standard InChI is InChI=1S/C14H30N2O2/c1-3-5-13(6-8-17)10-15-11-14-12-16(4-2)7-9-18-14/h13-15,17H,3-12H2,1-2H3. The topological polar surface area (TPSA) is 44.7 Å². The fourth-order valence-electron chi connectivity index (χ4n) is 2.58. The van der Waals surface area contributed by atoms with Gasteiger partial charge in [-0.3, -0.25) is 4.90 Å². The maximum absolute atomic E-state index is 9.02. The first kappa shape index (κ1) is 15.9. The molecule has 2 unspecified atom stereocenters. The number of aliphatic hydroxyl groups excluding tert-OH is 1. The van der Waals surface area contributed by atoms with Gasteiger partial charge in [0.2, 0.25) is 0 Å². The Balaban J connectivity index is 2.15. The van der Waals surface area contributed by atoms with Crippen LogP contribution < -0.4 is 5.32 Å². The molecule has 2 N–H and O–H groups in total. The van der Waals surface area contributed by atoms with E-state index in [4.69, 9.17) is 9.84 Å². The highest BCUT2D eigenvalue weighted by Gasteiger charge is 2.19. The lowest BCUT2D eigenvalue weighted by Crippen LogP contribution is -2.47. The lowest BCUT2D eigenvalue weighted by atomic mass is 10.0. The van der Waals surface area contributed by atoms with Gasteiger partial charge in [-0.05, 0) is 31.8 Å². The van der Waals surface area contributed by atoms with Crippen molar-refractivity contribution in [3.8, 4) is 0 Å². The maximum Gasteiger partial charge on any atom is 0.0826 e. The molecule has 2 atom stereocenters. The van der Waals surface area contributed by atoms with Crippen LogP contribution in [0.25, 0.3) is 0 Å². The van der Waals surface area contributed by atoms with Crippen LogP contribution in [0, 0.1) is 5.92 Å². The first-order chi connectivity index (χ1) is 8.80. The van der Waals surface area contributed by atoms with Gasteiger partial charge in [-0.25, -0.2) is 0 Å². The Morgan fingerprint density at radius 3 is 2.89 bits per heavy atom. The van der Waals surface area contributed by atoms with E-state index in [1.54, 1.807) is 0 Å². The lowest BCUT2D eigenvalue weighted by molar-refractivity contribution is -0.0256. The Bertz CT molecular complexity index is 196. The summed E-state index contributed by atoms with van der Waals surface area (Å²) in [6.45, 7) is 10.7. The van der Waals surface area contributed by atoms with E-state index in [0.29, 0.717) is 18.6 Å². The van der Waals surface area contributed by atoms with E-state index in [1.165, 1.54) is 12.8 Å². The fraction of sp³-hybridized carbons (Fsp3) is 1.00. The SMILES string of the molecule is CCCC(CCO)CNCC1CN(CC)CCO1. The first-order valence-electron chi connectivity index (χ1n) is 7.45. The van der Waals surface area contributed by atoms with E-state index in [-0.39, 0.29) is 0 Å². The smallest absolute Gasteiger partial charge is 0.0826 e. The molecule has 1 fully saturated rings. The van der Waals surface area contributed by atoms with Crippen LogP contribution in [0.2, 0.25) is 0 Å². The molecular formula is C14H30N2O2. The van der Waals surface area contributed by atoms with Gasteiger partial charge in [0.25, 0.3) is 0 Å². The minimum absolute atomic E-state index is 0.301. The minimum Gasteiger partial charge on any atom is -0.396 e. The lowest BCUT2D eigenvalue weighted by Gasteiger charge is -2.32. The number of nitrogens with one attached hydrogen (secondary N) is 1. The van der Waals surface area contributed by atoms with Crippen molar-refractivity contribution in [1.29, 1.82) is 0 Å². The zero-order valence-corrected chi connectivity index (χ0v) is 12.0. The Kier molecular flexibility index (Phi) is 8.59. The summed E-state index contributed by atoms with van der Waals surface area (Å²) >= 11 is 0. The van der Waals surface area contributed by atoms with Gasteiger partial charge < -0.3 is 15.2 Å². The molecule has 4 heteroatoms. The third-order valence-electron chi connectivity index (χ3n) is 3.71. The van der Waals surface area contributed by atoms with Crippen LogP contribution in [0.1, 0.15) is 33.1 Å². The average molecular weight is 258 g/mol. The van der Waals surface area contributed by atoms with E-state index in [2.05, 4.69) is 24.1 Å². The average Bonchev–Trinajstić information content (AvgIpc) is 2.39. The van der Waals surface area contributed by atoms with Gasteiger partial charge in [0, 0.05) is 26.2 Å². The molecule has 1 aliphatic rings. The van der Waals surface area contributed by atoms with E-state index in [9.17, 15) is 0 Å². The van der Waals surface area contributed by atoms with Gasteiger partial charge >= 0.3 is 0 Å². The summed E-state index contributed by atoms with van der Waals surface area (Å²) < 4.78 is 5.76. The first-order valence-corrected chi connectivity index (χ1v) is 7.45. The largest absolute Gasteiger partial charge is 0.396 e. The van der Waals surface area contributed by atoms with Crippen LogP contribution in [0.4, 0.5) is 0 Å². The number of likely N-dealkylation sites (N-methyl/N-ethyl adjacent to an activating group) is 1. The highest BCUT2D eigenvalue weighted by Crippen LogP contribution is 2.10. The van der Waals surface area contributed by atoms with Crippen molar-refractivity contribution in [3.05, 3.63) is 0 Å². The quantitative estimate of drug-likeness (QED) is 0.650. The van der Waals surface area contributed by atoms with Crippen LogP contribution in [0.3, 0.4) is 0 Å². The molecule has 1 aliphatic heterocycles. The van der Waals surface area contributed by atoms with Crippen molar-refractivity contribution in [3.63, 3.8) is 0 Å². The number of aliphatic hydroxyl groups is 1. The Hall–Kier alpha value is -0.160. The molecule has 0 aromatic carbocycles. The van der Waals surface area contributed by atoms with Gasteiger partial charge in [-0.2, -0.15) is 0 Å². The number of hydrogen-bond donors (Lipinski definition) is 2. The summed E-state index contributed by atoms with van der Waals surface area (Å²) in [6.07, 6.45) is 3.62. The third-order valence-corrected chi connectivity index (χ3v) is 3.71. The minimum atomic E-state index is 0.301. The van der Waals surface area contributed by atoms with E-state index < -0.39 is 0 Å². The third kappa shape index (κ3) is 6.14. The van der Waals surface area contributed by atoms with Gasteiger partial charge in [0.15, 0.2) is 0 Å². The van der Waals surface area contributed by atoms with Crippen molar-refractivity contribution in [2.45, 2.75) is 39.2 Å². The second kappa shape index (κ2) is 9.73.